The van der Waals surface area contributed by atoms with Crippen LogP contribution in [-0.2, 0) is 14.4 Å². The molecule has 1 saturated carbocycles. The summed E-state index contributed by atoms with van der Waals surface area (Å²) in [6, 6.07) is 14.4. The lowest BCUT2D eigenvalue weighted by Gasteiger charge is -2.63. The summed E-state index contributed by atoms with van der Waals surface area (Å²) in [5, 5.41) is 39.1. The molecule has 0 unspecified atom stereocenters. The lowest BCUT2D eigenvalue weighted by atomic mass is 9.49. The number of ether oxygens (including phenoxy) is 1. The molecule has 7 rings (SSSR count). The van der Waals surface area contributed by atoms with Gasteiger partial charge in [0.25, 0.3) is 11.8 Å². The number of alkyl halides is 2. The molecule has 2 saturated heterocycles. The standard InChI is InChI=1S/C53H66ClF2N9O7S/c1-31-43(73-30-59-31)33-11-9-32(10-12-33)39(28-66)60-46(70)40-23-36(67)27-65(40)47(71)44(50(2,3)4)61-42(68)17-18-53(55,56)29-63-19-21-64(22-20-63)41-16-14-35(26-58-41)45(69)62-48-51(5,6)49(52(48,7)8)72-37-15-13-34(25-57)38(54)24-37/h9-16,24,26,30,36,39-40,44,48-49,66-67H,17-23,27-29H2,1-8H3,(H,60,70)(H,61,68)(H,62,69)/t36-,39+,40+,44-,48?,49?/m1/s1. The number of hydrogen-bond acceptors (Lipinski definition) is 13. The fourth-order valence-corrected chi connectivity index (χ4v) is 11.7. The summed E-state index contributed by atoms with van der Waals surface area (Å²) >= 11 is 7.74. The van der Waals surface area contributed by atoms with Crippen molar-refractivity contribution in [3.05, 3.63) is 93.7 Å². The van der Waals surface area contributed by atoms with Gasteiger partial charge >= 0.3 is 0 Å². The molecule has 4 heterocycles. The quantitative estimate of drug-likeness (QED) is 0.0764. The molecule has 3 aliphatic rings. The van der Waals surface area contributed by atoms with Crippen molar-refractivity contribution in [1.29, 1.82) is 5.26 Å². The second kappa shape index (κ2) is 22.0. The smallest absolute Gasteiger partial charge is 0.261 e. The number of carbonyl (C=O) groups excluding carboxylic acids is 4. The number of aliphatic hydroxyl groups excluding tert-OH is 2. The Labute approximate surface area is 434 Å². The van der Waals surface area contributed by atoms with Crippen LogP contribution in [-0.4, -0.2) is 136 Å². The second-order valence-corrected chi connectivity index (χ2v) is 23.0. The number of thiazole rings is 1. The molecule has 0 bridgehead atoms. The maximum absolute atomic E-state index is 15.5. The number of nitrogens with zero attached hydrogens (tertiary/aromatic N) is 6. The Morgan fingerprint density at radius 3 is 2.25 bits per heavy atom. The third-order valence-corrected chi connectivity index (χ3v) is 15.7. The highest BCUT2D eigenvalue weighted by molar-refractivity contribution is 7.13. The number of nitrogens with one attached hydrogen (secondary N) is 3. The Balaban J connectivity index is 0.868. The van der Waals surface area contributed by atoms with Crippen molar-refractivity contribution in [1.82, 2.24) is 35.7 Å². The molecule has 16 nitrogen and oxygen atoms in total. The molecule has 2 aliphatic heterocycles. The molecule has 20 heteroatoms. The number of carbonyl (C=O) groups is 4. The van der Waals surface area contributed by atoms with E-state index in [9.17, 15) is 34.7 Å². The SMILES string of the molecule is Cc1ncsc1-c1ccc([C@H](CO)NC(=O)[C@@H]2C[C@@H](O)CN2C(=O)[C@@H](NC(=O)CCC(F)(F)CN2CCN(c3ccc(C(=O)NC4C(C)(C)C(Oc5ccc(C#N)c(Cl)c5)C4(C)C)cn3)CC2)C(C)(C)C)cc1. The highest BCUT2D eigenvalue weighted by atomic mass is 35.5. The fraction of sp³-hybridized carbons (Fsp3) is 0.528. The summed E-state index contributed by atoms with van der Waals surface area (Å²) in [5.74, 6) is -4.34. The third kappa shape index (κ3) is 12.4. The van der Waals surface area contributed by atoms with Gasteiger partial charge in [0, 0.05) is 81.1 Å². The van der Waals surface area contributed by atoms with Gasteiger partial charge < -0.3 is 40.7 Å². The van der Waals surface area contributed by atoms with Gasteiger partial charge in [-0.2, -0.15) is 5.26 Å². The maximum atomic E-state index is 15.5. The van der Waals surface area contributed by atoms with E-state index in [2.05, 4.69) is 25.9 Å². The molecule has 392 valence electrons. The van der Waals surface area contributed by atoms with Gasteiger partial charge in [-0.25, -0.2) is 18.7 Å². The Morgan fingerprint density at radius 2 is 1.67 bits per heavy atom. The second-order valence-electron chi connectivity index (χ2n) is 21.7. The van der Waals surface area contributed by atoms with E-state index >= 15 is 8.78 Å². The highest BCUT2D eigenvalue weighted by Crippen LogP contribution is 2.55. The van der Waals surface area contributed by atoms with Crippen LogP contribution in [0, 0.1) is 34.5 Å². The summed E-state index contributed by atoms with van der Waals surface area (Å²) in [6.07, 6.45) is -1.17. The van der Waals surface area contributed by atoms with Crippen LogP contribution < -0.4 is 25.6 Å². The van der Waals surface area contributed by atoms with E-state index in [-0.39, 0.29) is 31.0 Å². The Hall–Kier alpha value is -5.78. The van der Waals surface area contributed by atoms with Gasteiger partial charge in [0.15, 0.2) is 0 Å². The monoisotopic (exact) mass is 1050 g/mol. The lowest BCUT2D eigenvalue weighted by Crippen LogP contribution is -2.74. The number of amides is 4. The van der Waals surface area contributed by atoms with Gasteiger partial charge in [0.05, 0.1) is 57.5 Å². The van der Waals surface area contributed by atoms with Gasteiger partial charge in [-0.3, -0.25) is 24.1 Å². The number of aromatic nitrogens is 2. The van der Waals surface area contributed by atoms with Crippen molar-refractivity contribution < 1.29 is 42.9 Å². The zero-order valence-electron chi connectivity index (χ0n) is 42.5. The number of likely N-dealkylation sites (tertiary alicyclic amines) is 1. The molecule has 0 spiro atoms. The van der Waals surface area contributed by atoms with E-state index in [1.54, 1.807) is 73.6 Å². The summed E-state index contributed by atoms with van der Waals surface area (Å²) in [5.41, 5.74) is 3.14. The number of halogens is 3. The predicted molar refractivity (Wildman–Crippen MR) is 274 cm³/mol. The normalized spacial score (nSPS) is 21.6. The van der Waals surface area contributed by atoms with E-state index in [1.165, 1.54) is 22.4 Å². The van der Waals surface area contributed by atoms with Crippen molar-refractivity contribution in [2.24, 2.45) is 16.2 Å². The molecule has 2 aromatic heterocycles. The number of pyridine rings is 1. The molecule has 4 aromatic rings. The van der Waals surface area contributed by atoms with E-state index in [0.717, 1.165) is 16.1 Å². The van der Waals surface area contributed by atoms with Crippen LogP contribution in [0.25, 0.3) is 10.4 Å². The predicted octanol–water partition coefficient (Wildman–Crippen LogP) is 6.53. The number of rotatable bonds is 17. The van der Waals surface area contributed by atoms with Crippen molar-refractivity contribution in [2.45, 2.75) is 117 Å². The molecular formula is C53H66ClF2N9O7S. The van der Waals surface area contributed by atoms with Gasteiger partial charge in [0.1, 0.15) is 35.8 Å². The zero-order chi connectivity index (χ0) is 53.2. The van der Waals surface area contributed by atoms with Crippen LogP contribution in [0.1, 0.15) is 101 Å². The first kappa shape index (κ1) is 55.0. The van der Waals surface area contributed by atoms with Gasteiger partial charge in [-0.05, 0) is 47.7 Å². The van der Waals surface area contributed by atoms with Crippen LogP contribution in [0.4, 0.5) is 14.6 Å². The van der Waals surface area contributed by atoms with E-state index in [0.29, 0.717) is 59.5 Å². The number of aliphatic hydroxyl groups is 2. The molecule has 0 radical (unpaired) electrons. The Kier molecular flexibility index (Phi) is 16.6. The first-order valence-electron chi connectivity index (χ1n) is 24.5. The number of benzene rings is 2. The number of hydrogen-bond donors (Lipinski definition) is 5. The minimum absolute atomic E-state index is 0.0661. The first-order chi connectivity index (χ1) is 34.3. The average Bonchev–Trinajstić information content (AvgIpc) is 3.97. The number of β-amino-alcohol motifs (C(OH)–C–C–N with tert-alkyl or cyclic N) is 1. The average molecular weight is 1050 g/mol. The molecule has 4 amide bonds. The van der Waals surface area contributed by atoms with E-state index in [4.69, 9.17) is 16.3 Å². The van der Waals surface area contributed by atoms with Crippen LogP contribution in [0.5, 0.6) is 5.75 Å². The van der Waals surface area contributed by atoms with Gasteiger partial charge in [0.2, 0.25) is 17.7 Å². The third-order valence-electron chi connectivity index (χ3n) is 14.4. The van der Waals surface area contributed by atoms with E-state index in [1.807, 2.05) is 57.7 Å². The molecule has 2 aromatic carbocycles. The summed E-state index contributed by atoms with van der Waals surface area (Å²) in [7, 11) is 0. The number of piperazine rings is 1. The van der Waals surface area contributed by atoms with E-state index < -0.39 is 90.1 Å². The summed E-state index contributed by atoms with van der Waals surface area (Å²) < 4.78 is 37.4. The van der Waals surface area contributed by atoms with Crippen LogP contribution in [0.2, 0.25) is 5.02 Å². The molecule has 1 aliphatic carbocycles. The van der Waals surface area contributed by atoms with Crippen molar-refractivity contribution in [3.8, 4) is 22.3 Å². The molecule has 5 N–H and O–H groups in total. The van der Waals surface area contributed by atoms with Crippen molar-refractivity contribution >= 4 is 52.4 Å². The Bertz CT molecular complexity index is 2670. The molecule has 73 heavy (non-hydrogen) atoms. The number of anilines is 1. The molecule has 4 atom stereocenters. The van der Waals surface area contributed by atoms with Gasteiger partial charge in [-0.1, -0.05) is 84.3 Å². The maximum Gasteiger partial charge on any atom is 0.261 e. The van der Waals surface area contributed by atoms with Crippen LogP contribution in [0.15, 0.2) is 66.3 Å². The first-order valence-corrected chi connectivity index (χ1v) is 25.8. The lowest BCUT2D eigenvalue weighted by molar-refractivity contribution is -0.164. The Morgan fingerprint density at radius 1 is 0.986 bits per heavy atom. The minimum atomic E-state index is -3.23. The topological polar surface area (TPSA) is 213 Å². The molecular weight excluding hydrogens is 980 g/mol. The fourth-order valence-electron chi connectivity index (χ4n) is 10.7. The summed E-state index contributed by atoms with van der Waals surface area (Å²) in [4.78, 5) is 69.4. The highest BCUT2D eigenvalue weighted by Gasteiger charge is 2.64. The summed E-state index contributed by atoms with van der Waals surface area (Å²) in [6.45, 7) is 15.4. The van der Waals surface area contributed by atoms with Crippen LogP contribution in [0.3, 0.4) is 0 Å². The number of aryl methyl sites for hydroxylation is 1. The van der Waals surface area contributed by atoms with Crippen LogP contribution >= 0.6 is 22.9 Å². The minimum Gasteiger partial charge on any atom is -0.489 e. The largest absolute Gasteiger partial charge is 0.489 e. The van der Waals surface area contributed by atoms with Gasteiger partial charge in [-0.15, -0.1) is 11.3 Å². The number of nitriles is 1. The zero-order valence-corrected chi connectivity index (χ0v) is 44.1. The van der Waals surface area contributed by atoms with Crippen molar-refractivity contribution in [2.75, 3.05) is 50.8 Å². The molecule has 3 fully saturated rings. The van der Waals surface area contributed by atoms with Crippen molar-refractivity contribution in [3.63, 3.8) is 0 Å².